The molecular weight excluding hydrogens is 302 g/mol. The average molecular weight is 331 g/mol. The predicted molar refractivity (Wildman–Crippen MR) is 96.9 cm³/mol. The minimum Gasteiger partial charge on any atom is -0.348 e. The quantitative estimate of drug-likeness (QED) is 0.787. The van der Waals surface area contributed by atoms with Crippen LogP contribution in [0.25, 0.3) is 0 Å². The van der Waals surface area contributed by atoms with Gasteiger partial charge >= 0.3 is 11.8 Å². The Labute approximate surface area is 144 Å². The maximum Gasteiger partial charge on any atom is 0.313 e. The van der Waals surface area contributed by atoms with Gasteiger partial charge in [-0.2, -0.15) is 0 Å². The number of carbonyl (C=O) groups excluding carboxylic acids is 2. The molecule has 1 heterocycles. The van der Waals surface area contributed by atoms with E-state index in [-0.39, 0.29) is 0 Å². The van der Waals surface area contributed by atoms with E-state index in [4.69, 9.17) is 0 Å². The zero-order valence-corrected chi connectivity index (χ0v) is 14.8. The van der Waals surface area contributed by atoms with Gasteiger partial charge in [-0.05, 0) is 56.0 Å². The zero-order chi connectivity index (χ0) is 17.4. The topological polar surface area (TPSA) is 61.4 Å². The van der Waals surface area contributed by atoms with Crippen molar-refractivity contribution in [3.63, 3.8) is 0 Å². The van der Waals surface area contributed by atoms with E-state index in [1.807, 2.05) is 24.3 Å². The first-order chi connectivity index (χ1) is 11.6. The largest absolute Gasteiger partial charge is 0.348 e. The molecular formula is C19H29N3O2. The lowest BCUT2D eigenvalue weighted by atomic mass is 10.1. The molecule has 1 aromatic rings. The molecule has 1 aliphatic heterocycles. The van der Waals surface area contributed by atoms with Crippen molar-refractivity contribution in [2.75, 3.05) is 31.5 Å². The molecule has 1 fully saturated rings. The van der Waals surface area contributed by atoms with Crippen molar-refractivity contribution in [2.45, 2.75) is 39.5 Å². The van der Waals surface area contributed by atoms with E-state index < -0.39 is 11.8 Å². The third-order valence-corrected chi connectivity index (χ3v) is 4.46. The summed E-state index contributed by atoms with van der Waals surface area (Å²) in [4.78, 5) is 26.3. The fraction of sp³-hybridized carbons (Fsp3) is 0.579. The minimum absolute atomic E-state index is 0.337. The molecule has 0 spiro atoms. The molecule has 24 heavy (non-hydrogen) atoms. The van der Waals surface area contributed by atoms with Gasteiger partial charge < -0.3 is 15.5 Å². The molecule has 5 heteroatoms. The molecule has 0 bridgehead atoms. The number of anilines is 1. The number of benzene rings is 1. The fourth-order valence-corrected chi connectivity index (χ4v) is 3.01. The second kappa shape index (κ2) is 9.42. The third kappa shape index (κ3) is 5.96. The number of rotatable bonds is 6. The SMILES string of the molecule is CCc1ccc(NC(=O)C(=O)NCC(C)CN2CCCCC2)cc1. The monoisotopic (exact) mass is 331 g/mol. The van der Waals surface area contributed by atoms with Crippen LogP contribution in [0.15, 0.2) is 24.3 Å². The summed E-state index contributed by atoms with van der Waals surface area (Å²) in [6, 6.07) is 7.55. The van der Waals surface area contributed by atoms with Gasteiger partial charge in [-0.15, -0.1) is 0 Å². The van der Waals surface area contributed by atoms with Crippen molar-refractivity contribution < 1.29 is 9.59 Å². The molecule has 1 unspecified atom stereocenters. The van der Waals surface area contributed by atoms with Crippen LogP contribution in [0, 0.1) is 5.92 Å². The molecule has 0 radical (unpaired) electrons. The lowest BCUT2D eigenvalue weighted by molar-refractivity contribution is -0.136. The van der Waals surface area contributed by atoms with Crippen LogP contribution in [0.3, 0.4) is 0 Å². The second-order valence-corrected chi connectivity index (χ2v) is 6.68. The lowest BCUT2D eigenvalue weighted by Crippen LogP contribution is -2.41. The van der Waals surface area contributed by atoms with E-state index in [1.54, 1.807) is 0 Å². The summed E-state index contributed by atoms with van der Waals surface area (Å²) in [5.74, 6) is -0.840. The average Bonchev–Trinajstić information content (AvgIpc) is 2.61. The highest BCUT2D eigenvalue weighted by molar-refractivity contribution is 6.39. The van der Waals surface area contributed by atoms with Gasteiger partial charge in [0, 0.05) is 18.8 Å². The number of amides is 2. The molecule has 1 aromatic carbocycles. The van der Waals surface area contributed by atoms with Crippen molar-refractivity contribution in [3.8, 4) is 0 Å². The normalized spacial score (nSPS) is 16.4. The van der Waals surface area contributed by atoms with Gasteiger partial charge in [0.25, 0.3) is 0 Å². The summed E-state index contributed by atoms with van der Waals surface area (Å²) >= 11 is 0. The third-order valence-electron chi connectivity index (χ3n) is 4.46. The number of piperidine rings is 1. The highest BCUT2D eigenvalue weighted by Gasteiger charge is 2.17. The van der Waals surface area contributed by atoms with Gasteiger partial charge in [0.15, 0.2) is 0 Å². The minimum atomic E-state index is -0.607. The van der Waals surface area contributed by atoms with E-state index in [0.717, 1.165) is 26.1 Å². The van der Waals surface area contributed by atoms with Gasteiger partial charge in [-0.1, -0.05) is 32.4 Å². The van der Waals surface area contributed by atoms with Crippen molar-refractivity contribution in [2.24, 2.45) is 5.92 Å². The Morgan fingerprint density at radius 3 is 2.38 bits per heavy atom. The molecule has 1 atom stereocenters. The molecule has 1 saturated heterocycles. The van der Waals surface area contributed by atoms with Crippen molar-refractivity contribution >= 4 is 17.5 Å². The number of carbonyl (C=O) groups is 2. The zero-order valence-electron chi connectivity index (χ0n) is 14.8. The predicted octanol–water partition coefficient (Wildman–Crippen LogP) is 2.43. The van der Waals surface area contributed by atoms with Gasteiger partial charge in [0.2, 0.25) is 0 Å². The number of nitrogens with one attached hydrogen (secondary N) is 2. The maximum atomic E-state index is 11.9. The van der Waals surface area contributed by atoms with Crippen molar-refractivity contribution in [3.05, 3.63) is 29.8 Å². The summed E-state index contributed by atoms with van der Waals surface area (Å²) < 4.78 is 0. The number of hydrogen-bond donors (Lipinski definition) is 2. The smallest absolute Gasteiger partial charge is 0.313 e. The number of nitrogens with zero attached hydrogens (tertiary/aromatic N) is 1. The van der Waals surface area contributed by atoms with E-state index in [1.165, 1.54) is 24.8 Å². The first-order valence-electron chi connectivity index (χ1n) is 8.99. The molecule has 2 N–H and O–H groups in total. The molecule has 1 aliphatic rings. The van der Waals surface area contributed by atoms with Crippen molar-refractivity contribution in [1.29, 1.82) is 0 Å². The lowest BCUT2D eigenvalue weighted by Gasteiger charge is -2.29. The summed E-state index contributed by atoms with van der Waals surface area (Å²) in [7, 11) is 0. The van der Waals surface area contributed by atoms with Crippen LogP contribution in [0.5, 0.6) is 0 Å². The molecule has 0 aliphatic carbocycles. The Balaban J connectivity index is 1.71. The summed E-state index contributed by atoms with van der Waals surface area (Å²) in [5.41, 5.74) is 1.85. The Kier molecular flexibility index (Phi) is 7.25. The van der Waals surface area contributed by atoms with Crippen LogP contribution in [0.2, 0.25) is 0 Å². The van der Waals surface area contributed by atoms with Gasteiger partial charge in [0.1, 0.15) is 0 Å². The van der Waals surface area contributed by atoms with E-state index in [2.05, 4.69) is 29.4 Å². The van der Waals surface area contributed by atoms with Crippen LogP contribution >= 0.6 is 0 Å². The molecule has 0 saturated carbocycles. The van der Waals surface area contributed by atoms with E-state index in [9.17, 15) is 9.59 Å². The van der Waals surface area contributed by atoms with E-state index >= 15 is 0 Å². The number of aryl methyl sites for hydroxylation is 1. The van der Waals surface area contributed by atoms with E-state index in [0.29, 0.717) is 18.2 Å². The highest BCUT2D eigenvalue weighted by Crippen LogP contribution is 2.11. The Bertz CT molecular complexity index is 536. The standard InChI is InChI=1S/C19H29N3O2/c1-3-16-7-9-17(10-8-16)21-19(24)18(23)20-13-15(2)14-22-11-5-4-6-12-22/h7-10,15H,3-6,11-14H2,1-2H3,(H,20,23)(H,21,24). The molecule has 2 amide bonds. The first-order valence-corrected chi connectivity index (χ1v) is 8.99. The Morgan fingerprint density at radius 1 is 1.08 bits per heavy atom. The molecule has 132 valence electrons. The summed E-state index contributed by atoms with van der Waals surface area (Å²) in [5, 5.41) is 5.37. The van der Waals surface area contributed by atoms with Crippen LogP contribution in [-0.4, -0.2) is 42.9 Å². The number of likely N-dealkylation sites (tertiary alicyclic amines) is 1. The van der Waals surface area contributed by atoms with Gasteiger partial charge in [-0.25, -0.2) is 0 Å². The Hall–Kier alpha value is -1.88. The van der Waals surface area contributed by atoms with Crippen LogP contribution in [0.1, 0.15) is 38.7 Å². The maximum absolute atomic E-state index is 11.9. The number of hydrogen-bond acceptors (Lipinski definition) is 3. The summed E-state index contributed by atoms with van der Waals surface area (Å²) in [6.07, 6.45) is 4.79. The highest BCUT2D eigenvalue weighted by atomic mass is 16.2. The first kappa shape index (κ1) is 18.5. The van der Waals surface area contributed by atoms with Crippen LogP contribution in [0.4, 0.5) is 5.69 Å². The van der Waals surface area contributed by atoms with Crippen molar-refractivity contribution in [1.82, 2.24) is 10.2 Å². The molecule has 0 aromatic heterocycles. The van der Waals surface area contributed by atoms with Crippen LogP contribution in [-0.2, 0) is 16.0 Å². The molecule has 5 nitrogen and oxygen atoms in total. The molecule has 2 rings (SSSR count). The summed E-state index contributed by atoms with van der Waals surface area (Å²) in [6.45, 7) is 7.97. The van der Waals surface area contributed by atoms with Gasteiger partial charge in [0.05, 0.1) is 0 Å². The fourth-order valence-electron chi connectivity index (χ4n) is 3.01. The Morgan fingerprint density at radius 2 is 1.75 bits per heavy atom. The van der Waals surface area contributed by atoms with Gasteiger partial charge in [-0.3, -0.25) is 9.59 Å². The second-order valence-electron chi connectivity index (χ2n) is 6.68. The van der Waals surface area contributed by atoms with Crippen LogP contribution < -0.4 is 10.6 Å².